The van der Waals surface area contributed by atoms with E-state index in [9.17, 15) is 26.4 Å². The Morgan fingerprint density at radius 1 is 1.45 bits per heavy atom. The quantitative estimate of drug-likeness (QED) is 0.514. The van der Waals surface area contributed by atoms with E-state index < -0.39 is 34.2 Å². The molecule has 1 aliphatic rings. The Bertz CT molecular complexity index is 673. The molecule has 0 unspecified atom stereocenters. The molecule has 5 nitrogen and oxygen atoms in total. The van der Waals surface area contributed by atoms with Gasteiger partial charge in [-0.1, -0.05) is 0 Å². The summed E-state index contributed by atoms with van der Waals surface area (Å²) in [5.41, 5.74) is -0.0914. The highest BCUT2D eigenvalue weighted by Crippen LogP contribution is 2.37. The lowest BCUT2D eigenvalue weighted by Crippen LogP contribution is -2.35. The third-order valence-corrected chi connectivity index (χ3v) is 5.67. The van der Waals surface area contributed by atoms with Gasteiger partial charge in [-0.25, -0.2) is 8.42 Å². The monoisotopic (exact) mass is 460 g/mol. The van der Waals surface area contributed by atoms with Gasteiger partial charge in [-0.05, 0) is 0 Å². The van der Waals surface area contributed by atoms with E-state index in [-0.39, 0.29) is 16.2 Å². The van der Waals surface area contributed by atoms with Crippen molar-refractivity contribution in [3.05, 3.63) is 17.5 Å². The number of alkyl halides is 3. The maximum atomic E-state index is 12.4. The van der Waals surface area contributed by atoms with Crippen LogP contribution in [0.3, 0.4) is 0 Å². The number of halogens is 5. The van der Waals surface area contributed by atoms with Crippen molar-refractivity contribution in [3.63, 3.8) is 0 Å². The van der Waals surface area contributed by atoms with Gasteiger partial charge in [0.15, 0.2) is 0 Å². The van der Waals surface area contributed by atoms with Crippen molar-refractivity contribution in [3.8, 4) is 0 Å². The molecule has 0 saturated carbocycles. The zero-order valence-electron chi connectivity index (χ0n) is 9.32. The summed E-state index contributed by atoms with van der Waals surface area (Å²) >= 11 is 1.78. The van der Waals surface area contributed by atoms with Gasteiger partial charge in [0.2, 0.25) is 0 Å². The SMILES string of the molecule is O=C1c2c(c(S(=O)(=O)Cl)cn2SI)CN1CC(F)(F)F. The molecule has 0 N–H and O–H groups in total. The fourth-order valence-corrected chi connectivity index (χ4v) is 4.38. The van der Waals surface area contributed by atoms with Crippen molar-refractivity contribution in [1.82, 2.24) is 8.87 Å². The van der Waals surface area contributed by atoms with Crippen LogP contribution in [0.25, 0.3) is 0 Å². The Balaban J connectivity index is 2.48. The second-order valence-corrected chi connectivity index (χ2v) is 8.18. The number of aromatic nitrogens is 1. The first-order chi connectivity index (χ1) is 9.04. The molecule has 0 aliphatic carbocycles. The zero-order chi connectivity index (χ0) is 15.3. The molecule has 0 aromatic carbocycles. The Hall–Kier alpha value is -0.140. The molecule has 0 spiro atoms. The first kappa shape index (κ1) is 16.2. The largest absolute Gasteiger partial charge is 0.406 e. The van der Waals surface area contributed by atoms with Crippen LogP contribution >= 0.6 is 41.0 Å². The number of nitrogens with zero attached hydrogens (tertiary/aromatic N) is 2. The zero-order valence-corrected chi connectivity index (χ0v) is 13.9. The third kappa shape index (κ3) is 3.04. The number of carbonyl (C=O) groups excluding carboxylic acids is 1. The molecule has 1 aromatic heterocycles. The Morgan fingerprint density at radius 2 is 2.05 bits per heavy atom. The van der Waals surface area contributed by atoms with Crippen molar-refractivity contribution < 1.29 is 26.4 Å². The lowest BCUT2D eigenvalue weighted by molar-refractivity contribution is -0.141. The van der Waals surface area contributed by atoms with Gasteiger partial charge < -0.3 is 4.90 Å². The molecule has 112 valence electrons. The minimum absolute atomic E-state index is 0.00147. The Labute approximate surface area is 132 Å². The second kappa shape index (κ2) is 5.25. The van der Waals surface area contributed by atoms with E-state index in [2.05, 4.69) is 0 Å². The number of amides is 1. The van der Waals surface area contributed by atoms with Gasteiger partial charge >= 0.3 is 6.18 Å². The van der Waals surface area contributed by atoms with Crippen LogP contribution in [0, 0.1) is 0 Å². The van der Waals surface area contributed by atoms with Crippen LogP contribution in [0.4, 0.5) is 13.2 Å². The Morgan fingerprint density at radius 3 is 2.50 bits per heavy atom. The lowest BCUT2D eigenvalue weighted by atomic mass is 10.3. The molecule has 1 aromatic rings. The van der Waals surface area contributed by atoms with Gasteiger partial charge in [0.1, 0.15) is 17.1 Å². The molecule has 0 fully saturated rings. The minimum Gasteiger partial charge on any atom is -0.324 e. The van der Waals surface area contributed by atoms with Crippen LogP contribution in [-0.4, -0.2) is 35.9 Å². The molecule has 0 radical (unpaired) electrons. The van der Waals surface area contributed by atoms with Crippen molar-refractivity contribution in [2.75, 3.05) is 6.54 Å². The summed E-state index contributed by atoms with van der Waals surface area (Å²) in [6, 6.07) is 0. The molecular weight excluding hydrogens is 456 g/mol. The standard InChI is InChI=1S/C8H5ClF3IN2O3S2/c9-20(17,18)5-2-15(19-13)6-4(5)1-14(7(6)16)3-8(10,11)12/h2H,1,3H2. The van der Waals surface area contributed by atoms with Crippen molar-refractivity contribution in [2.45, 2.75) is 17.6 Å². The van der Waals surface area contributed by atoms with Gasteiger partial charge in [0.05, 0.1) is 6.54 Å². The van der Waals surface area contributed by atoms with E-state index in [1.165, 1.54) is 3.97 Å². The highest BCUT2D eigenvalue weighted by Gasteiger charge is 2.42. The summed E-state index contributed by atoms with van der Waals surface area (Å²) in [7, 11) is 2.07. The van der Waals surface area contributed by atoms with Crippen LogP contribution < -0.4 is 0 Å². The predicted molar refractivity (Wildman–Crippen MR) is 75.3 cm³/mol. The molecule has 0 saturated heterocycles. The maximum Gasteiger partial charge on any atom is 0.406 e. The van der Waals surface area contributed by atoms with E-state index in [1.807, 2.05) is 0 Å². The van der Waals surface area contributed by atoms with Crippen LogP contribution in [0.15, 0.2) is 11.1 Å². The van der Waals surface area contributed by atoms with E-state index in [0.717, 1.165) is 15.3 Å². The van der Waals surface area contributed by atoms with Gasteiger partial charge in [-0.2, -0.15) is 13.2 Å². The second-order valence-electron chi connectivity index (χ2n) is 3.93. The first-order valence-corrected chi connectivity index (χ1v) is 10.5. The number of carbonyl (C=O) groups is 1. The van der Waals surface area contributed by atoms with E-state index in [4.69, 9.17) is 10.7 Å². The van der Waals surface area contributed by atoms with E-state index in [1.54, 1.807) is 21.2 Å². The van der Waals surface area contributed by atoms with E-state index in [0.29, 0.717) is 4.90 Å². The molecule has 0 atom stereocenters. The normalized spacial score (nSPS) is 15.8. The molecule has 1 amide bonds. The molecule has 12 heteroatoms. The summed E-state index contributed by atoms with van der Waals surface area (Å²) in [6.07, 6.45) is -3.42. The number of hydrogen-bond acceptors (Lipinski definition) is 4. The molecule has 1 aliphatic heterocycles. The van der Waals surface area contributed by atoms with Crippen LogP contribution in [0.5, 0.6) is 0 Å². The van der Waals surface area contributed by atoms with Gasteiger partial charge in [0, 0.05) is 52.8 Å². The van der Waals surface area contributed by atoms with Crippen molar-refractivity contribution >= 4 is 56.0 Å². The predicted octanol–water partition coefficient (Wildman–Crippen LogP) is 2.78. The van der Waals surface area contributed by atoms with E-state index >= 15 is 0 Å². The molecule has 0 bridgehead atoms. The van der Waals surface area contributed by atoms with Gasteiger partial charge in [0.25, 0.3) is 15.0 Å². The number of rotatable bonds is 3. The summed E-state index contributed by atoms with van der Waals surface area (Å²) in [5.74, 6) is -0.868. The fourth-order valence-electron chi connectivity index (χ4n) is 1.90. The highest BCUT2D eigenvalue weighted by atomic mass is 127. The Kier molecular flexibility index (Phi) is 4.26. The topological polar surface area (TPSA) is 59.4 Å². The molecule has 2 heterocycles. The van der Waals surface area contributed by atoms with Crippen LogP contribution in [0.1, 0.15) is 16.1 Å². The number of hydrogen-bond donors (Lipinski definition) is 0. The summed E-state index contributed by atoms with van der Waals surface area (Å²) in [5, 5.41) is 0. The third-order valence-electron chi connectivity index (χ3n) is 2.58. The van der Waals surface area contributed by atoms with Crippen molar-refractivity contribution in [2.24, 2.45) is 0 Å². The molecule has 20 heavy (non-hydrogen) atoms. The summed E-state index contributed by atoms with van der Waals surface area (Å²) in [6.45, 7) is -1.87. The summed E-state index contributed by atoms with van der Waals surface area (Å²) in [4.78, 5) is 12.1. The van der Waals surface area contributed by atoms with Gasteiger partial charge in [-0.3, -0.25) is 8.77 Å². The van der Waals surface area contributed by atoms with Crippen molar-refractivity contribution in [1.29, 1.82) is 0 Å². The summed E-state index contributed by atoms with van der Waals surface area (Å²) < 4.78 is 61.1. The minimum atomic E-state index is -4.55. The number of fused-ring (bicyclic) bond motifs is 1. The molecular formula is C8H5ClF3IN2O3S2. The van der Waals surface area contributed by atoms with Gasteiger partial charge in [-0.15, -0.1) is 0 Å². The fraction of sp³-hybridized carbons (Fsp3) is 0.375. The maximum absolute atomic E-state index is 12.4. The molecule has 2 rings (SSSR count). The lowest BCUT2D eigenvalue weighted by Gasteiger charge is -2.18. The highest BCUT2D eigenvalue weighted by molar-refractivity contribution is 14.2. The first-order valence-electron chi connectivity index (χ1n) is 4.88. The smallest absolute Gasteiger partial charge is 0.324 e. The van der Waals surface area contributed by atoms with Crippen LogP contribution in [0.2, 0.25) is 0 Å². The average Bonchev–Trinajstić information content (AvgIpc) is 2.75. The van der Waals surface area contributed by atoms with Crippen LogP contribution in [-0.2, 0) is 15.6 Å². The average molecular weight is 461 g/mol.